The molecule has 1 N–H and O–H groups in total. The quantitative estimate of drug-likeness (QED) is 0.596. The van der Waals surface area contributed by atoms with Crippen molar-refractivity contribution in [3.8, 4) is 0 Å². The summed E-state index contributed by atoms with van der Waals surface area (Å²) in [4.78, 5) is 0. The van der Waals surface area contributed by atoms with Crippen molar-refractivity contribution >= 4 is 0 Å². The molecule has 1 saturated heterocycles. The summed E-state index contributed by atoms with van der Waals surface area (Å²) in [6.45, 7) is 8.20. The van der Waals surface area contributed by atoms with Crippen LogP contribution in [0.15, 0.2) is 24.3 Å². The van der Waals surface area contributed by atoms with Gasteiger partial charge in [0.25, 0.3) is 0 Å². The van der Waals surface area contributed by atoms with Gasteiger partial charge in [-0.1, -0.05) is 24.3 Å². The van der Waals surface area contributed by atoms with Gasteiger partial charge in [0, 0.05) is 6.54 Å². The summed E-state index contributed by atoms with van der Waals surface area (Å²) in [5, 5.41) is 3.38. The van der Waals surface area contributed by atoms with E-state index in [0.29, 0.717) is 0 Å². The van der Waals surface area contributed by atoms with Gasteiger partial charge in [-0.05, 0) is 32.2 Å². The lowest BCUT2D eigenvalue weighted by Crippen LogP contribution is -2.28. The first-order chi connectivity index (χ1) is 5.29. The second-order valence-corrected chi connectivity index (χ2v) is 3.31. The van der Waals surface area contributed by atoms with Crippen molar-refractivity contribution in [1.82, 2.24) is 5.32 Å². The van der Waals surface area contributed by atoms with Gasteiger partial charge in [0.1, 0.15) is 0 Å². The lowest BCUT2D eigenvalue weighted by atomic mass is 9.99. The molecule has 1 atom stereocenters. The maximum absolute atomic E-state index is 3.83. The summed E-state index contributed by atoms with van der Waals surface area (Å²) in [5.41, 5.74) is 1.15. The molecule has 11 heavy (non-hydrogen) atoms. The van der Waals surface area contributed by atoms with Gasteiger partial charge in [0.2, 0.25) is 0 Å². The molecule has 1 aliphatic rings. The molecular weight excluding hydrogens is 134 g/mol. The van der Waals surface area contributed by atoms with Gasteiger partial charge >= 0.3 is 0 Å². The Morgan fingerprint density at radius 3 is 3.00 bits per heavy atom. The van der Waals surface area contributed by atoms with Crippen molar-refractivity contribution in [2.75, 3.05) is 13.1 Å². The molecule has 0 aliphatic carbocycles. The fourth-order valence-electron chi connectivity index (χ4n) is 1.34. The minimum absolute atomic E-state index is 0.737. The topological polar surface area (TPSA) is 12.0 Å². The van der Waals surface area contributed by atoms with Crippen LogP contribution >= 0.6 is 0 Å². The summed E-state index contributed by atoms with van der Waals surface area (Å²) in [7, 11) is 0. The van der Waals surface area contributed by atoms with Gasteiger partial charge < -0.3 is 5.32 Å². The maximum Gasteiger partial charge on any atom is 0.00143 e. The van der Waals surface area contributed by atoms with Gasteiger partial charge in [0.05, 0.1) is 0 Å². The van der Waals surface area contributed by atoms with Gasteiger partial charge in [-0.3, -0.25) is 0 Å². The van der Waals surface area contributed by atoms with E-state index in [4.69, 9.17) is 0 Å². The number of piperidine rings is 1. The minimum atomic E-state index is 0.737. The summed E-state index contributed by atoms with van der Waals surface area (Å²) >= 11 is 0. The third-order valence-electron chi connectivity index (χ3n) is 1.99. The van der Waals surface area contributed by atoms with Crippen molar-refractivity contribution in [3.05, 3.63) is 24.3 Å². The molecule has 1 fully saturated rings. The molecule has 0 spiro atoms. The van der Waals surface area contributed by atoms with E-state index < -0.39 is 0 Å². The van der Waals surface area contributed by atoms with Crippen LogP contribution in [0.25, 0.3) is 0 Å². The van der Waals surface area contributed by atoms with E-state index in [9.17, 15) is 0 Å². The van der Waals surface area contributed by atoms with Crippen molar-refractivity contribution in [3.63, 3.8) is 0 Å². The number of nitrogens with one attached hydrogen (secondary N) is 1. The zero-order chi connectivity index (χ0) is 8.10. The molecule has 0 aromatic carbocycles. The Balaban J connectivity index is 2.29. The predicted octanol–water partition coefficient (Wildman–Crippen LogP) is 2.12. The monoisotopic (exact) mass is 151 g/mol. The third-order valence-corrected chi connectivity index (χ3v) is 1.99. The van der Waals surface area contributed by atoms with Crippen molar-refractivity contribution in [1.29, 1.82) is 0 Å². The average molecular weight is 151 g/mol. The molecule has 62 valence electrons. The van der Waals surface area contributed by atoms with Gasteiger partial charge in [-0.25, -0.2) is 0 Å². The Kier molecular flexibility index (Phi) is 3.37. The molecule has 0 radical (unpaired) electrons. The van der Waals surface area contributed by atoms with Crippen LogP contribution in [0.2, 0.25) is 0 Å². The maximum atomic E-state index is 3.83. The fraction of sp³-hybridized carbons (Fsp3) is 0.600. The highest BCUT2D eigenvalue weighted by atomic mass is 14.9. The molecule has 0 aromatic heterocycles. The predicted molar refractivity (Wildman–Crippen MR) is 49.5 cm³/mol. The summed E-state index contributed by atoms with van der Waals surface area (Å²) in [5.74, 6) is 0.737. The zero-order valence-electron chi connectivity index (χ0n) is 7.27. The smallest absolute Gasteiger partial charge is 0.00143 e. The van der Waals surface area contributed by atoms with Crippen LogP contribution in [0.1, 0.15) is 19.8 Å². The van der Waals surface area contributed by atoms with Crippen molar-refractivity contribution in [2.24, 2.45) is 5.92 Å². The van der Waals surface area contributed by atoms with Crippen molar-refractivity contribution in [2.45, 2.75) is 19.8 Å². The number of allylic oxidation sites excluding steroid dienone is 2. The molecule has 1 heteroatoms. The average Bonchev–Trinajstić information content (AvgIpc) is 2.03. The van der Waals surface area contributed by atoms with E-state index in [2.05, 4.69) is 24.0 Å². The SMILES string of the molecule is C=C(C)/C=C/C1CCCNC1. The number of hydrogen-bond acceptors (Lipinski definition) is 1. The fourth-order valence-corrected chi connectivity index (χ4v) is 1.34. The molecule has 0 amide bonds. The second-order valence-electron chi connectivity index (χ2n) is 3.31. The first-order valence-corrected chi connectivity index (χ1v) is 4.33. The summed E-state index contributed by atoms with van der Waals surface area (Å²) in [6, 6.07) is 0. The van der Waals surface area contributed by atoms with Gasteiger partial charge in [-0.2, -0.15) is 0 Å². The van der Waals surface area contributed by atoms with E-state index in [0.717, 1.165) is 18.0 Å². The zero-order valence-corrected chi connectivity index (χ0v) is 7.27. The van der Waals surface area contributed by atoms with Gasteiger partial charge in [0.15, 0.2) is 0 Å². The highest BCUT2D eigenvalue weighted by Gasteiger charge is 2.08. The van der Waals surface area contributed by atoms with E-state index in [-0.39, 0.29) is 0 Å². The summed E-state index contributed by atoms with van der Waals surface area (Å²) < 4.78 is 0. The molecule has 1 nitrogen and oxygen atoms in total. The normalized spacial score (nSPS) is 25.7. The first kappa shape index (κ1) is 8.54. The van der Waals surface area contributed by atoms with Crippen LogP contribution in [-0.2, 0) is 0 Å². The number of rotatable bonds is 2. The molecule has 1 aliphatic heterocycles. The molecule has 0 bridgehead atoms. The standard InChI is InChI=1S/C10H17N/c1-9(2)5-6-10-4-3-7-11-8-10/h5-6,10-11H,1,3-4,7-8H2,2H3/b6-5+. The molecule has 1 unspecified atom stereocenters. The molecular formula is C10H17N. The van der Waals surface area contributed by atoms with Gasteiger partial charge in [-0.15, -0.1) is 0 Å². The van der Waals surface area contributed by atoms with Crippen LogP contribution in [0.3, 0.4) is 0 Å². The van der Waals surface area contributed by atoms with E-state index in [1.54, 1.807) is 0 Å². The van der Waals surface area contributed by atoms with E-state index in [1.807, 2.05) is 6.92 Å². The second kappa shape index (κ2) is 4.35. The van der Waals surface area contributed by atoms with Crippen LogP contribution in [0.4, 0.5) is 0 Å². The largest absolute Gasteiger partial charge is 0.316 e. The number of hydrogen-bond donors (Lipinski definition) is 1. The molecule has 1 rings (SSSR count). The van der Waals surface area contributed by atoms with E-state index in [1.165, 1.54) is 19.4 Å². The Labute approximate surface area is 69.2 Å². The Bertz CT molecular complexity index is 152. The minimum Gasteiger partial charge on any atom is -0.316 e. The lowest BCUT2D eigenvalue weighted by Gasteiger charge is -2.19. The van der Waals surface area contributed by atoms with E-state index >= 15 is 0 Å². The molecule has 0 saturated carbocycles. The Morgan fingerprint density at radius 2 is 2.45 bits per heavy atom. The van der Waals surface area contributed by atoms with Crippen LogP contribution in [0, 0.1) is 5.92 Å². The molecule has 0 aromatic rings. The highest BCUT2D eigenvalue weighted by molar-refractivity contribution is 5.12. The Morgan fingerprint density at radius 1 is 1.64 bits per heavy atom. The van der Waals surface area contributed by atoms with Crippen LogP contribution < -0.4 is 5.32 Å². The molecule has 1 heterocycles. The van der Waals surface area contributed by atoms with Crippen molar-refractivity contribution < 1.29 is 0 Å². The van der Waals surface area contributed by atoms with Crippen LogP contribution in [0.5, 0.6) is 0 Å². The lowest BCUT2D eigenvalue weighted by molar-refractivity contribution is 0.438. The third kappa shape index (κ3) is 3.38. The summed E-state index contributed by atoms with van der Waals surface area (Å²) in [6.07, 6.45) is 7.04. The highest BCUT2D eigenvalue weighted by Crippen LogP contribution is 2.11. The Hall–Kier alpha value is -0.560. The van der Waals surface area contributed by atoms with Crippen LogP contribution in [-0.4, -0.2) is 13.1 Å². The first-order valence-electron chi connectivity index (χ1n) is 4.33.